The molecule has 2 N–H and O–H groups in total. The topological polar surface area (TPSA) is 86.0 Å². The first-order valence-electron chi connectivity index (χ1n) is 8.15. The van der Waals surface area contributed by atoms with E-state index in [0.717, 1.165) is 30.6 Å². The second kappa shape index (κ2) is 8.04. The number of phenolic OH excluding ortho intramolecular Hbond substituents is 1. The van der Waals surface area contributed by atoms with Crippen molar-refractivity contribution in [2.75, 3.05) is 4.72 Å². The number of benzene rings is 2. The van der Waals surface area contributed by atoms with Gasteiger partial charge in [0.15, 0.2) is 4.90 Å². The van der Waals surface area contributed by atoms with Crippen molar-refractivity contribution >= 4 is 17.0 Å². The molecule has 1 heterocycles. The number of aryl methyl sites for hydroxylation is 1. The second-order valence-electron chi connectivity index (χ2n) is 5.64. The summed E-state index contributed by atoms with van der Waals surface area (Å²) >= 11 is -1.46. The predicted octanol–water partition coefficient (Wildman–Crippen LogP) is 3.45. The van der Waals surface area contributed by atoms with Crippen molar-refractivity contribution in [2.45, 2.75) is 31.1 Å². The van der Waals surface area contributed by atoms with Crippen LogP contribution in [0.4, 0.5) is 5.69 Å². The summed E-state index contributed by atoms with van der Waals surface area (Å²) in [4.78, 5) is 0.610. The third-order valence-corrected chi connectivity index (χ3v) is 4.85. The second-order valence-corrected chi connectivity index (χ2v) is 6.85. The Balaban J connectivity index is 1.69. The summed E-state index contributed by atoms with van der Waals surface area (Å²) in [6.07, 6.45) is 5.05. The minimum atomic E-state index is -1.46. The molecule has 0 bridgehead atoms. The summed E-state index contributed by atoms with van der Waals surface area (Å²) in [7, 11) is 0. The largest absolute Gasteiger partial charge is 0.588 e. The highest BCUT2D eigenvalue weighted by Crippen LogP contribution is 2.25. The first kappa shape index (κ1) is 17.3. The Bertz CT molecular complexity index is 820. The average molecular weight is 356 g/mol. The summed E-state index contributed by atoms with van der Waals surface area (Å²) in [6, 6.07) is 13.9. The van der Waals surface area contributed by atoms with E-state index >= 15 is 0 Å². The van der Waals surface area contributed by atoms with Crippen molar-refractivity contribution in [3.8, 4) is 11.4 Å². The molecule has 0 aliphatic rings. The lowest BCUT2D eigenvalue weighted by Crippen LogP contribution is -2.13. The number of hydrogen-bond acceptors (Lipinski definition) is 5. The maximum atomic E-state index is 12.4. The van der Waals surface area contributed by atoms with E-state index in [2.05, 4.69) is 22.0 Å². The average Bonchev–Trinajstić information content (AvgIpc) is 3.11. The molecule has 1 unspecified atom stereocenters. The van der Waals surface area contributed by atoms with Gasteiger partial charge in [-0.05, 0) is 49.2 Å². The molecule has 7 heteroatoms. The first-order chi connectivity index (χ1) is 12.2. The SMILES string of the molecule is CCCCc1cn(-c2ccc([S+]([O-])Nc3ccccc3O)cc2)nn1. The van der Waals surface area contributed by atoms with Crippen LogP contribution in [0.1, 0.15) is 25.5 Å². The molecular weight excluding hydrogens is 336 g/mol. The van der Waals surface area contributed by atoms with E-state index in [0.29, 0.717) is 10.6 Å². The quantitative estimate of drug-likeness (QED) is 0.500. The van der Waals surface area contributed by atoms with Gasteiger partial charge in [-0.25, -0.2) is 4.68 Å². The van der Waals surface area contributed by atoms with Gasteiger partial charge in [0, 0.05) is 0 Å². The fourth-order valence-electron chi connectivity index (χ4n) is 2.34. The third-order valence-electron chi connectivity index (χ3n) is 3.75. The standard InChI is InChI=1S/C18H20N4O2S/c1-2-3-6-14-13-22(21-19-14)15-9-11-16(12-10-15)25(24)20-17-7-4-5-8-18(17)23/h4-5,7-13,20,23H,2-3,6H2,1H3. The van der Waals surface area contributed by atoms with Crippen LogP contribution in [-0.2, 0) is 17.8 Å². The zero-order valence-corrected chi connectivity index (χ0v) is 14.7. The van der Waals surface area contributed by atoms with Gasteiger partial charge in [0.2, 0.25) is 0 Å². The molecule has 3 aromatic rings. The summed E-state index contributed by atoms with van der Waals surface area (Å²) in [5.74, 6) is 0.0645. The van der Waals surface area contributed by atoms with Crippen molar-refractivity contribution < 1.29 is 9.66 Å². The van der Waals surface area contributed by atoms with Gasteiger partial charge in [-0.3, -0.25) is 0 Å². The molecule has 0 aliphatic carbocycles. The van der Waals surface area contributed by atoms with Crippen LogP contribution in [0.2, 0.25) is 0 Å². The highest BCUT2D eigenvalue weighted by atomic mass is 32.2. The van der Waals surface area contributed by atoms with E-state index in [1.807, 2.05) is 18.3 Å². The predicted molar refractivity (Wildman–Crippen MR) is 98.1 cm³/mol. The lowest BCUT2D eigenvalue weighted by molar-refractivity contribution is 0.477. The molecule has 0 aliphatic heterocycles. The fraction of sp³-hybridized carbons (Fsp3) is 0.222. The molecule has 0 spiro atoms. The van der Waals surface area contributed by atoms with E-state index in [1.54, 1.807) is 41.1 Å². The van der Waals surface area contributed by atoms with Gasteiger partial charge in [0.25, 0.3) is 0 Å². The Labute approximate surface area is 149 Å². The van der Waals surface area contributed by atoms with Gasteiger partial charge in [-0.15, -0.1) is 5.10 Å². The van der Waals surface area contributed by atoms with Crippen LogP contribution in [0.25, 0.3) is 5.69 Å². The van der Waals surface area contributed by atoms with Crippen LogP contribution >= 0.6 is 0 Å². The Morgan fingerprint density at radius 2 is 1.92 bits per heavy atom. The third kappa shape index (κ3) is 4.32. The smallest absolute Gasteiger partial charge is 0.180 e. The van der Waals surface area contributed by atoms with Crippen LogP contribution in [0.15, 0.2) is 59.6 Å². The van der Waals surface area contributed by atoms with Gasteiger partial charge < -0.3 is 9.66 Å². The molecule has 0 fully saturated rings. The summed E-state index contributed by atoms with van der Waals surface area (Å²) in [6.45, 7) is 2.15. The van der Waals surface area contributed by atoms with Crippen molar-refractivity contribution in [1.82, 2.24) is 15.0 Å². The zero-order chi connectivity index (χ0) is 17.6. The Hall–Kier alpha value is -2.51. The number of hydrogen-bond donors (Lipinski definition) is 2. The molecular formula is C18H20N4O2S. The monoisotopic (exact) mass is 356 g/mol. The summed E-state index contributed by atoms with van der Waals surface area (Å²) in [5, 5.41) is 18.0. The number of aromatic hydroxyl groups is 1. The van der Waals surface area contributed by atoms with Gasteiger partial charge in [-0.1, -0.05) is 30.7 Å². The maximum absolute atomic E-state index is 12.4. The lowest BCUT2D eigenvalue weighted by Gasteiger charge is -2.12. The Morgan fingerprint density at radius 1 is 1.16 bits per heavy atom. The molecule has 6 nitrogen and oxygen atoms in total. The summed E-state index contributed by atoms with van der Waals surface area (Å²) < 4.78 is 16.9. The molecule has 0 saturated heterocycles. The highest BCUT2D eigenvalue weighted by molar-refractivity contribution is 7.92. The first-order valence-corrected chi connectivity index (χ1v) is 9.30. The van der Waals surface area contributed by atoms with Gasteiger partial charge in [-0.2, -0.15) is 4.72 Å². The van der Waals surface area contributed by atoms with Gasteiger partial charge in [0.05, 0.1) is 17.6 Å². The molecule has 3 rings (SSSR count). The van der Waals surface area contributed by atoms with E-state index < -0.39 is 11.4 Å². The van der Waals surface area contributed by atoms with Crippen molar-refractivity contribution in [3.63, 3.8) is 0 Å². The normalized spacial score (nSPS) is 12.1. The number of nitrogens with one attached hydrogen (secondary N) is 1. The maximum Gasteiger partial charge on any atom is 0.180 e. The van der Waals surface area contributed by atoms with Crippen molar-refractivity contribution in [3.05, 3.63) is 60.4 Å². The number of anilines is 1. The number of aromatic nitrogens is 3. The fourth-order valence-corrected chi connectivity index (χ4v) is 3.21. The Kier molecular flexibility index (Phi) is 5.57. The molecule has 1 aromatic heterocycles. The number of para-hydroxylation sites is 2. The van der Waals surface area contributed by atoms with E-state index in [-0.39, 0.29) is 5.75 Å². The minimum Gasteiger partial charge on any atom is -0.588 e. The number of phenols is 1. The molecule has 1 atom stereocenters. The number of unbranched alkanes of at least 4 members (excludes halogenated alkanes) is 1. The van der Waals surface area contributed by atoms with Gasteiger partial charge >= 0.3 is 0 Å². The zero-order valence-electron chi connectivity index (χ0n) is 13.9. The van der Waals surface area contributed by atoms with Crippen LogP contribution < -0.4 is 4.72 Å². The molecule has 0 saturated carbocycles. The molecule has 0 amide bonds. The van der Waals surface area contributed by atoms with Crippen LogP contribution in [-0.4, -0.2) is 24.7 Å². The van der Waals surface area contributed by atoms with Gasteiger partial charge in [0.1, 0.15) is 22.8 Å². The van der Waals surface area contributed by atoms with E-state index in [9.17, 15) is 9.66 Å². The van der Waals surface area contributed by atoms with Crippen molar-refractivity contribution in [2.24, 2.45) is 0 Å². The van der Waals surface area contributed by atoms with Crippen LogP contribution in [0.3, 0.4) is 0 Å². The minimum absolute atomic E-state index is 0.0645. The number of rotatable bonds is 7. The van der Waals surface area contributed by atoms with Crippen LogP contribution in [0, 0.1) is 0 Å². The molecule has 130 valence electrons. The van der Waals surface area contributed by atoms with E-state index in [1.165, 1.54) is 0 Å². The van der Waals surface area contributed by atoms with Crippen LogP contribution in [0.5, 0.6) is 5.75 Å². The number of nitrogens with zero attached hydrogens (tertiary/aromatic N) is 3. The highest BCUT2D eigenvalue weighted by Gasteiger charge is 2.14. The lowest BCUT2D eigenvalue weighted by atomic mass is 10.2. The molecule has 0 radical (unpaired) electrons. The Morgan fingerprint density at radius 3 is 2.64 bits per heavy atom. The molecule has 25 heavy (non-hydrogen) atoms. The molecule has 2 aromatic carbocycles. The van der Waals surface area contributed by atoms with E-state index in [4.69, 9.17) is 0 Å². The summed E-state index contributed by atoms with van der Waals surface area (Å²) in [5.41, 5.74) is 2.26. The van der Waals surface area contributed by atoms with Crippen molar-refractivity contribution in [1.29, 1.82) is 0 Å².